The molecule has 33 heavy (non-hydrogen) atoms. The van der Waals surface area contributed by atoms with Gasteiger partial charge < -0.3 is 9.30 Å². The molecule has 0 atom stereocenters. The fraction of sp³-hybridized carbons (Fsp3) is 0.346. The minimum atomic E-state index is -0.491. The maximum Gasteiger partial charge on any atom is 0.412 e. The van der Waals surface area contributed by atoms with Crippen molar-refractivity contribution in [2.45, 2.75) is 59.7 Å². The largest absolute Gasteiger partial charge is 0.443 e. The number of nitrogens with zero attached hydrogens (tertiary/aromatic N) is 4. The summed E-state index contributed by atoms with van der Waals surface area (Å²) in [6.07, 6.45) is 2.88. The lowest BCUT2D eigenvalue weighted by atomic mass is 10.0. The molecule has 0 spiro atoms. The first-order valence-electron chi connectivity index (χ1n) is 11.6. The van der Waals surface area contributed by atoms with Gasteiger partial charge in [0.2, 0.25) is 0 Å². The van der Waals surface area contributed by atoms with Crippen molar-refractivity contribution < 1.29 is 9.53 Å². The van der Waals surface area contributed by atoms with Crippen molar-refractivity contribution in [1.29, 1.82) is 0 Å². The molecule has 1 aliphatic rings. The molecular weight excluding hydrogens is 414 g/mol. The third-order valence-electron chi connectivity index (χ3n) is 6.28. The maximum atomic E-state index is 12.5. The predicted molar refractivity (Wildman–Crippen MR) is 129 cm³/mol. The number of benzene rings is 2. The summed E-state index contributed by atoms with van der Waals surface area (Å²) in [5, 5.41) is 7.55. The van der Waals surface area contributed by atoms with E-state index in [1.165, 1.54) is 24.0 Å². The number of aryl methyl sites for hydroxylation is 5. The number of carbonyl (C=O) groups is 1. The summed E-state index contributed by atoms with van der Waals surface area (Å²) in [5.41, 5.74) is 7.96. The Balaban J connectivity index is 1.27. The van der Waals surface area contributed by atoms with Gasteiger partial charge in [0, 0.05) is 30.8 Å². The van der Waals surface area contributed by atoms with Crippen molar-refractivity contribution in [2.24, 2.45) is 0 Å². The summed E-state index contributed by atoms with van der Waals surface area (Å²) in [7, 11) is 0. The van der Waals surface area contributed by atoms with Crippen LogP contribution in [0, 0.1) is 13.8 Å². The van der Waals surface area contributed by atoms with Crippen molar-refractivity contribution in [2.75, 3.05) is 5.32 Å². The van der Waals surface area contributed by atoms with Gasteiger partial charge in [-0.25, -0.2) is 9.78 Å². The van der Waals surface area contributed by atoms with Crippen LogP contribution in [0.1, 0.15) is 42.4 Å². The molecule has 0 aliphatic carbocycles. The number of amides is 1. The monoisotopic (exact) mass is 443 g/mol. The number of aromatic nitrogens is 4. The standard InChI is InChI=1S/C26H29N5O2/c1-4-31-20(15-22(29-31)21-10-8-17(2)13-18(21)3)16-33-26(32)27-19-9-11-24-23(14-19)28-25-7-5-6-12-30(24)25/h8-11,13-15H,4-7,12,16H2,1-3H3,(H,27,32). The molecule has 3 heterocycles. The number of rotatable bonds is 5. The molecule has 170 valence electrons. The zero-order valence-electron chi connectivity index (χ0n) is 19.4. The van der Waals surface area contributed by atoms with Crippen LogP contribution < -0.4 is 5.32 Å². The van der Waals surface area contributed by atoms with Crippen LogP contribution in [0.5, 0.6) is 0 Å². The van der Waals surface area contributed by atoms with Crippen LogP contribution in [0.3, 0.4) is 0 Å². The van der Waals surface area contributed by atoms with E-state index >= 15 is 0 Å². The lowest BCUT2D eigenvalue weighted by molar-refractivity contribution is 0.151. The Kier molecular flexibility index (Phi) is 5.62. The number of fused-ring (bicyclic) bond motifs is 3. The summed E-state index contributed by atoms with van der Waals surface area (Å²) in [6, 6.07) is 14.2. The first kappa shape index (κ1) is 21.2. The molecule has 1 amide bonds. The molecule has 1 aliphatic heterocycles. The molecule has 5 rings (SSSR count). The first-order valence-corrected chi connectivity index (χ1v) is 11.6. The Morgan fingerprint density at radius 2 is 2.00 bits per heavy atom. The summed E-state index contributed by atoms with van der Waals surface area (Å²) in [5.74, 6) is 1.13. The molecule has 0 fully saturated rings. The van der Waals surface area contributed by atoms with Crippen LogP contribution in [0.2, 0.25) is 0 Å². The zero-order chi connectivity index (χ0) is 22.9. The van der Waals surface area contributed by atoms with Gasteiger partial charge in [-0.1, -0.05) is 23.8 Å². The van der Waals surface area contributed by atoms with Gasteiger partial charge in [-0.05, 0) is 63.4 Å². The Bertz CT molecular complexity index is 1330. The Morgan fingerprint density at radius 3 is 2.82 bits per heavy atom. The third kappa shape index (κ3) is 4.23. The van der Waals surface area contributed by atoms with Crippen LogP contribution in [0.25, 0.3) is 22.3 Å². The molecule has 0 radical (unpaired) electrons. The predicted octanol–water partition coefficient (Wildman–Crippen LogP) is 5.62. The molecule has 1 N–H and O–H groups in total. The van der Waals surface area contributed by atoms with Crippen LogP contribution in [0.15, 0.2) is 42.5 Å². The van der Waals surface area contributed by atoms with Crippen molar-refractivity contribution >= 4 is 22.8 Å². The van der Waals surface area contributed by atoms with Crippen LogP contribution in [-0.4, -0.2) is 25.4 Å². The average molecular weight is 444 g/mol. The maximum absolute atomic E-state index is 12.5. The van der Waals surface area contributed by atoms with Crippen LogP contribution in [0.4, 0.5) is 10.5 Å². The van der Waals surface area contributed by atoms with Crippen LogP contribution >= 0.6 is 0 Å². The van der Waals surface area contributed by atoms with E-state index < -0.39 is 6.09 Å². The minimum Gasteiger partial charge on any atom is -0.443 e. The van der Waals surface area contributed by atoms with Gasteiger partial charge in [-0.2, -0.15) is 5.10 Å². The van der Waals surface area contributed by atoms with Crippen molar-refractivity contribution in [3.8, 4) is 11.3 Å². The molecule has 4 aromatic rings. The first-order chi connectivity index (χ1) is 16.0. The van der Waals surface area contributed by atoms with Gasteiger partial charge in [-0.15, -0.1) is 0 Å². The molecule has 2 aromatic carbocycles. The number of hydrogen-bond acceptors (Lipinski definition) is 4. The lowest BCUT2D eigenvalue weighted by Gasteiger charge is -2.13. The molecule has 0 saturated heterocycles. The lowest BCUT2D eigenvalue weighted by Crippen LogP contribution is -2.15. The van der Waals surface area contributed by atoms with Gasteiger partial charge in [0.05, 0.1) is 22.4 Å². The van der Waals surface area contributed by atoms with Gasteiger partial charge in [-0.3, -0.25) is 10.00 Å². The number of carbonyl (C=O) groups excluding carboxylic acids is 1. The van der Waals surface area contributed by atoms with Crippen molar-refractivity contribution in [3.63, 3.8) is 0 Å². The number of nitrogens with one attached hydrogen (secondary N) is 1. The molecule has 0 saturated carbocycles. The molecule has 0 bridgehead atoms. The Hall–Kier alpha value is -3.61. The van der Waals surface area contributed by atoms with Gasteiger partial charge in [0.25, 0.3) is 0 Å². The SMILES string of the molecule is CCn1nc(-c2ccc(C)cc2C)cc1COC(=O)Nc1ccc2c(c1)nc1n2CCCC1. The van der Waals surface area contributed by atoms with Crippen molar-refractivity contribution in [1.82, 2.24) is 19.3 Å². The van der Waals surface area contributed by atoms with Crippen LogP contribution in [-0.2, 0) is 30.9 Å². The second-order valence-electron chi connectivity index (χ2n) is 8.70. The van der Waals surface area contributed by atoms with Gasteiger partial charge >= 0.3 is 6.09 Å². The summed E-state index contributed by atoms with van der Waals surface area (Å²) in [4.78, 5) is 17.2. The van der Waals surface area contributed by atoms with Crippen molar-refractivity contribution in [3.05, 3.63) is 65.1 Å². The van der Waals surface area contributed by atoms with E-state index in [4.69, 9.17) is 14.8 Å². The zero-order valence-corrected chi connectivity index (χ0v) is 19.4. The molecular formula is C26H29N5O2. The fourth-order valence-corrected chi connectivity index (χ4v) is 4.62. The van der Waals surface area contributed by atoms with E-state index in [9.17, 15) is 4.79 Å². The second-order valence-corrected chi connectivity index (χ2v) is 8.70. The molecule has 7 heteroatoms. The quantitative estimate of drug-likeness (QED) is 0.434. The van der Waals surface area contributed by atoms with E-state index in [0.29, 0.717) is 12.2 Å². The number of ether oxygens (including phenoxy) is 1. The fourth-order valence-electron chi connectivity index (χ4n) is 4.62. The summed E-state index contributed by atoms with van der Waals surface area (Å²) in [6.45, 7) is 8.06. The molecule has 2 aromatic heterocycles. The van der Waals surface area contributed by atoms with E-state index in [2.05, 4.69) is 41.9 Å². The smallest absolute Gasteiger partial charge is 0.412 e. The molecule has 0 unspecified atom stereocenters. The third-order valence-corrected chi connectivity index (χ3v) is 6.28. The number of hydrogen-bond donors (Lipinski definition) is 1. The average Bonchev–Trinajstić information content (AvgIpc) is 3.38. The van der Waals surface area contributed by atoms with E-state index in [0.717, 1.165) is 46.8 Å². The highest BCUT2D eigenvalue weighted by Gasteiger charge is 2.16. The topological polar surface area (TPSA) is 74.0 Å². The summed E-state index contributed by atoms with van der Waals surface area (Å²) < 4.78 is 9.69. The summed E-state index contributed by atoms with van der Waals surface area (Å²) >= 11 is 0. The number of imidazole rings is 1. The Labute approximate surface area is 193 Å². The number of anilines is 1. The Morgan fingerprint density at radius 1 is 1.12 bits per heavy atom. The van der Waals surface area contributed by atoms with Gasteiger partial charge in [0.1, 0.15) is 12.4 Å². The minimum absolute atomic E-state index is 0.151. The van der Waals surface area contributed by atoms with Gasteiger partial charge in [0.15, 0.2) is 0 Å². The van der Waals surface area contributed by atoms with E-state index in [-0.39, 0.29) is 6.61 Å². The van der Waals surface area contributed by atoms with E-state index in [1.54, 1.807) is 0 Å². The highest BCUT2D eigenvalue weighted by atomic mass is 16.5. The molecule has 7 nitrogen and oxygen atoms in total. The highest BCUT2D eigenvalue weighted by molar-refractivity contribution is 5.89. The van der Waals surface area contributed by atoms with E-state index in [1.807, 2.05) is 35.9 Å². The highest BCUT2D eigenvalue weighted by Crippen LogP contribution is 2.26. The second kappa shape index (κ2) is 8.73. The normalized spacial score (nSPS) is 13.2.